The van der Waals surface area contributed by atoms with E-state index >= 15 is 0 Å². The highest BCUT2D eigenvalue weighted by Gasteiger charge is 2.66. The Morgan fingerprint density at radius 1 is 1.06 bits per heavy atom. The number of carboxylic acid groups (broad SMARTS) is 1. The Labute approximate surface area is 200 Å². The van der Waals surface area contributed by atoms with E-state index in [4.69, 9.17) is 5.11 Å². The lowest BCUT2D eigenvalue weighted by atomic mass is 9.41. The van der Waals surface area contributed by atoms with Crippen LogP contribution in [0, 0.1) is 51.8 Å². The van der Waals surface area contributed by atoms with Crippen LogP contribution < -0.4 is 0 Å². The summed E-state index contributed by atoms with van der Waals surface area (Å²) in [5.74, 6) is 0.819. The Balaban J connectivity index is 1.60. The minimum absolute atomic E-state index is 0.0384. The van der Waals surface area contributed by atoms with Crippen molar-refractivity contribution in [2.24, 2.45) is 51.8 Å². The molecule has 4 rings (SSSR count). The average Bonchev–Trinajstić information content (AvgIpc) is 3.06. The number of hydrogen-bond acceptors (Lipinski definition) is 4. The van der Waals surface area contributed by atoms with Crippen molar-refractivity contribution < 1.29 is 25.2 Å². The van der Waals surface area contributed by atoms with E-state index in [0.29, 0.717) is 12.3 Å². The maximum atomic E-state index is 11.6. The first kappa shape index (κ1) is 25.4. The summed E-state index contributed by atoms with van der Waals surface area (Å²) in [5.41, 5.74) is -1.12. The third-order valence-electron chi connectivity index (χ3n) is 11.8. The van der Waals surface area contributed by atoms with Crippen molar-refractivity contribution in [1.82, 2.24) is 0 Å². The van der Waals surface area contributed by atoms with E-state index in [1.807, 2.05) is 0 Å². The zero-order valence-corrected chi connectivity index (χ0v) is 21.7. The van der Waals surface area contributed by atoms with Gasteiger partial charge in [-0.05, 0) is 103 Å². The number of aliphatic carboxylic acids is 1. The van der Waals surface area contributed by atoms with E-state index in [2.05, 4.69) is 41.5 Å². The van der Waals surface area contributed by atoms with Crippen molar-refractivity contribution in [3.8, 4) is 0 Å². The minimum Gasteiger partial charge on any atom is -0.481 e. The fraction of sp³-hybridized carbons (Fsp3) is 0.964. The molecule has 4 fully saturated rings. The maximum Gasteiger partial charge on any atom is 0.303 e. The van der Waals surface area contributed by atoms with Gasteiger partial charge in [0.2, 0.25) is 0 Å². The summed E-state index contributed by atoms with van der Waals surface area (Å²) in [5, 5.41) is 43.9. The minimum atomic E-state index is -0.750. The number of fused-ring (bicyclic) bond motifs is 5. The molecule has 0 bridgehead atoms. The van der Waals surface area contributed by atoms with Crippen molar-refractivity contribution >= 4 is 5.97 Å². The molecule has 0 amide bonds. The normalized spacial score (nSPS) is 50.8. The summed E-state index contributed by atoms with van der Waals surface area (Å²) in [6, 6.07) is 0. The molecule has 0 aliphatic heterocycles. The van der Waals surface area contributed by atoms with Gasteiger partial charge in [0, 0.05) is 6.42 Å². The van der Waals surface area contributed by atoms with Gasteiger partial charge in [0.25, 0.3) is 0 Å². The fourth-order valence-electron chi connectivity index (χ4n) is 9.38. The average molecular weight is 465 g/mol. The molecule has 33 heavy (non-hydrogen) atoms. The SMILES string of the molecule is C[C@H](CCC(=O)O)[C@H]1CC[C@H]2[C@@H]3[C@H](O)C[C@@H]4C[C@@](O)(C(C)(C)C)CC[C@]4(C)[C@H]3C[C@H](O)[C@]12C. The Bertz CT molecular complexity index is 760. The smallest absolute Gasteiger partial charge is 0.303 e. The molecule has 0 aromatic rings. The van der Waals surface area contributed by atoms with Crippen LogP contribution in [-0.4, -0.2) is 44.2 Å². The molecule has 0 unspecified atom stereocenters. The first-order chi connectivity index (χ1) is 15.1. The van der Waals surface area contributed by atoms with Crippen molar-refractivity contribution in [1.29, 1.82) is 0 Å². The van der Waals surface area contributed by atoms with Crippen LogP contribution in [-0.2, 0) is 4.79 Å². The molecule has 190 valence electrons. The molecule has 0 spiro atoms. The van der Waals surface area contributed by atoms with Crippen LogP contribution in [0.3, 0.4) is 0 Å². The Morgan fingerprint density at radius 2 is 1.73 bits per heavy atom. The van der Waals surface area contributed by atoms with Crippen LogP contribution in [0.25, 0.3) is 0 Å². The highest BCUT2D eigenvalue weighted by Crippen LogP contribution is 2.69. The van der Waals surface area contributed by atoms with Crippen molar-refractivity contribution in [2.75, 3.05) is 0 Å². The number of aliphatic hydroxyl groups is 3. The van der Waals surface area contributed by atoms with E-state index in [9.17, 15) is 20.1 Å². The molecule has 0 saturated heterocycles. The molecule has 0 heterocycles. The molecule has 4 aliphatic rings. The number of carboxylic acids is 1. The van der Waals surface area contributed by atoms with Gasteiger partial charge in [-0.25, -0.2) is 0 Å². The molecular weight excluding hydrogens is 416 g/mol. The Hall–Kier alpha value is -0.650. The summed E-state index contributed by atoms with van der Waals surface area (Å²) in [4.78, 5) is 11.2. The van der Waals surface area contributed by atoms with Gasteiger partial charge < -0.3 is 20.4 Å². The largest absolute Gasteiger partial charge is 0.481 e. The van der Waals surface area contributed by atoms with Gasteiger partial charge in [0.1, 0.15) is 0 Å². The van der Waals surface area contributed by atoms with Crippen molar-refractivity contribution in [3.05, 3.63) is 0 Å². The highest BCUT2D eigenvalue weighted by atomic mass is 16.4. The van der Waals surface area contributed by atoms with E-state index in [0.717, 1.165) is 44.9 Å². The second-order valence-electron chi connectivity index (χ2n) is 14.0. The zero-order chi connectivity index (χ0) is 24.6. The number of aliphatic hydroxyl groups excluding tert-OH is 2. The van der Waals surface area contributed by atoms with Gasteiger partial charge in [0.15, 0.2) is 0 Å². The second kappa shape index (κ2) is 8.20. The van der Waals surface area contributed by atoms with E-state index in [-0.39, 0.29) is 58.4 Å². The first-order valence-corrected chi connectivity index (χ1v) is 13.5. The van der Waals surface area contributed by atoms with Gasteiger partial charge in [-0.1, -0.05) is 41.5 Å². The Kier molecular flexibility index (Phi) is 6.32. The van der Waals surface area contributed by atoms with E-state index in [1.54, 1.807) is 0 Å². The molecule has 11 atom stereocenters. The molecule has 5 nitrogen and oxygen atoms in total. The van der Waals surface area contributed by atoms with Crippen LogP contribution >= 0.6 is 0 Å². The van der Waals surface area contributed by atoms with Gasteiger partial charge in [-0.2, -0.15) is 0 Å². The molecule has 0 aromatic carbocycles. The molecule has 0 aromatic heterocycles. The summed E-state index contributed by atoms with van der Waals surface area (Å²) in [7, 11) is 0. The van der Waals surface area contributed by atoms with Crippen LogP contribution in [0.5, 0.6) is 0 Å². The number of carbonyl (C=O) groups is 1. The van der Waals surface area contributed by atoms with Gasteiger partial charge in [0.05, 0.1) is 17.8 Å². The topological polar surface area (TPSA) is 98.0 Å². The predicted octanol–water partition coefficient (Wildman–Crippen LogP) is 4.87. The molecule has 5 heteroatoms. The van der Waals surface area contributed by atoms with E-state index < -0.39 is 17.7 Å². The molecule has 4 saturated carbocycles. The van der Waals surface area contributed by atoms with Gasteiger partial charge in [-0.15, -0.1) is 0 Å². The van der Waals surface area contributed by atoms with E-state index in [1.165, 1.54) is 0 Å². The molecular formula is C28H48O5. The van der Waals surface area contributed by atoms with Crippen molar-refractivity contribution in [3.63, 3.8) is 0 Å². The lowest BCUT2D eigenvalue weighted by molar-refractivity contribution is -0.225. The predicted molar refractivity (Wildman–Crippen MR) is 128 cm³/mol. The Morgan fingerprint density at radius 3 is 2.33 bits per heavy atom. The molecule has 0 radical (unpaired) electrons. The summed E-state index contributed by atoms with van der Waals surface area (Å²) < 4.78 is 0. The van der Waals surface area contributed by atoms with Crippen LogP contribution in [0.15, 0.2) is 0 Å². The van der Waals surface area contributed by atoms with Crippen molar-refractivity contribution in [2.45, 2.75) is 117 Å². The highest BCUT2D eigenvalue weighted by molar-refractivity contribution is 5.66. The fourth-order valence-corrected chi connectivity index (χ4v) is 9.38. The van der Waals surface area contributed by atoms with Gasteiger partial charge in [-0.3, -0.25) is 4.79 Å². The second-order valence-corrected chi connectivity index (χ2v) is 14.0. The zero-order valence-electron chi connectivity index (χ0n) is 21.7. The van der Waals surface area contributed by atoms with Crippen LogP contribution in [0.1, 0.15) is 99.3 Å². The lowest BCUT2D eigenvalue weighted by Crippen LogP contribution is -2.64. The third-order valence-corrected chi connectivity index (χ3v) is 11.8. The standard InChI is InChI=1S/C28H48O5/c1-16(7-10-23(31)32)18-8-9-19-24-20(14-22(30)27(18,19)6)26(5)11-12-28(33,25(2,3)4)15-17(26)13-21(24)29/h16-22,24,29-30,33H,7-15H2,1-6H3,(H,31,32)/t16-,17-,18-,19+,20+,21-,22+,24+,26+,27-,28-/m1/s1. The van der Waals surface area contributed by atoms with Gasteiger partial charge >= 0.3 is 5.97 Å². The maximum absolute atomic E-state index is 11.6. The molecule has 4 N–H and O–H groups in total. The van der Waals surface area contributed by atoms with Crippen LogP contribution in [0.2, 0.25) is 0 Å². The quantitative estimate of drug-likeness (QED) is 0.476. The third kappa shape index (κ3) is 3.80. The molecule has 4 aliphatic carbocycles. The summed E-state index contributed by atoms with van der Waals surface area (Å²) in [6.07, 6.45) is 5.99. The first-order valence-electron chi connectivity index (χ1n) is 13.5. The monoisotopic (exact) mass is 464 g/mol. The number of rotatable bonds is 4. The number of hydrogen-bond donors (Lipinski definition) is 4. The lowest BCUT2D eigenvalue weighted by Gasteiger charge is -2.65. The summed E-state index contributed by atoms with van der Waals surface area (Å²) in [6.45, 7) is 13.1. The van der Waals surface area contributed by atoms with Crippen LogP contribution in [0.4, 0.5) is 0 Å². The summed E-state index contributed by atoms with van der Waals surface area (Å²) >= 11 is 0.